The van der Waals surface area contributed by atoms with Crippen LogP contribution in [0.4, 0.5) is 13.2 Å². The molecule has 3 aromatic rings. The van der Waals surface area contributed by atoms with Crippen LogP contribution < -0.4 is 9.47 Å². The van der Waals surface area contributed by atoms with Gasteiger partial charge in [-0.25, -0.2) is 4.39 Å². The van der Waals surface area contributed by atoms with Crippen molar-refractivity contribution in [1.29, 1.82) is 0 Å². The molecule has 0 spiro atoms. The lowest BCUT2D eigenvalue weighted by Crippen LogP contribution is -2.29. The zero-order chi connectivity index (χ0) is 19.9. The van der Waals surface area contributed by atoms with Crippen LogP contribution in [0.2, 0.25) is 0 Å². The van der Waals surface area contributed by atoms with Crippen LogP contribution in [-0.2, 0) is 0 Å². The van der Waals surface area contributed by atoms with Crippen molar-refractivity contribution >= 4 is 11.6 Å². The van der Waals surface area contributed by atoms with Crippen LogP contribution in [0.5, 0.6) is 11.5 Å². The number of aryl methyl sites for hydroxylation is 1. The Morgan fingerprint density at radius 1 is 0.857 bits per heavy atom. The second kappa shape index (κ2) is 6.75. The molecular weight excluding hydrogens is 365 g/mol. The number of rotatable bonds is 3. The molecule has 1 aliphatic heterocycles. The summed E-state index contributed by atoms with van der Waals surface area (Å²) in [5.41, 5.74) is 2.00. The molecule has 0 fully saturated rings. The first-order chi connectivity index (χ1) is 13.4. The van der Waals surface area contributed by atoms with E-state index in [0.717, 1.165) is 5.56 Å². The average Bonchev–Trinajstić information content (AvgIpc) is 2.69. The molecule has 1 heterocycles. The maximum Gasteiger partial charge on any atom is 0.427 e. The molecule has 0 saturated carbocycles. The standard InChI is InChI=1S/C23H17F3O2/c1-14-3-5-16(6-4-14)20-13-17-9-12-19(15-7-10-18(27-2)11-8-15)21(24)22(17)28-23(20,25)26/h3-13H,1-2H3. The summed E-state index contributed by atoms with van der Waals surface area (Å²) in [7, 11) is 1.53. The summed E-state index contributed by atoms with van der Waals surface area (Å²) in [6.07, 6.45) is -2.36. The van der Waals surface area contributed by atoms with Crippen molar-refractivity contribution in [1.82, 2.24) is 0 Å². The Hall–Kier alpha value is -3.21. The van der Waals surface area contributed by atoms with Crippen molar-refractivity contribution in [2.24, 2.45) is 0 Å². The van der Waals surface area contributed by atoms with Crippen LogP contribution in [0.3, 0.4) is 0 Å². The number of hydrogen-bond acceptors (Lipinski definition) is 2. The lowest BCUT2D eigenvalue weighted by molar-refractivity contribution is -0.124. The fourth-order valence-corrected chi connectivity index (χ4v) is 3.19. The summed E-state index contributed by atoms with van der Waals surface area (Å²) in [4.78, 5) is 0. The van der Waals surface area contributed by atoms with E-state index in [0.29, 0.717) is 16.9 Å². The summed E-state index contributed by atoms with van der Waals surface area (Å²) in [6.45, 7) is 1.87. The van der Waals surface area contributed by atoms with Crippen molar-refractivity contribution in [3.8, 4) is 22.6 Å². The average molecular weight is 382 g/mol. The minimum absolute atomic E-state index is 0.185. The fourth-order valence-electron chi connectivity index (χ4n) is 3.19. The van der Waals surface area contributed by atoms with Gasteiger partial charge in [0.15, 0.2) is 11.6 Å². The third-order valence-corrected chi connectivity index (χ3v) is 4.73. The van der Waals surface area contributed by atoms with E-state index < -0.39 is 17.7 Å². The summed E-state index contributed by atoms with van der Waals surface area (Å²) in [5, 5.41) is 0. The van der Waals surface area contributed by atoms with E-state index in [1.807, 2.05) is 6.92 Å². The summed E-state index contributed by atoms with van der Waals surface area (Å²) in [5.74, 6) is -0.647. The maximum atomic E-state index is 15.0. The highest BCUT2D eigenvalue weighted by Gasteiger charge is 2.42. The number of ether oxygens (including phenoxy) is 2. The highest BCUT2D eigenvalue weighted by molar-refractivity contribution is 5.89. The molecule has 3 aromatic carbocycles. The largest absolute Gasteiger partial charge is 0.497 e. The van der Waals surface area contributed by atoms with Crippen LogP contribution in [-0.4, -0.2) is 13.2 Å². The van der Waals surface area contributed by atoms with Crippen LogP contribution in [0.1, 0.15) is 16.7 Å². The minimum Gasteiger partial charge on any atom is -0.497 e. The number of hydrogen-bond donors (Lipinski definition) is 0. The fraction of sp³-hybridized carbons (Fsp3) is 0.130. The molecule has 2 nitrogen and oxygen atoms in total. The highest BCUT2D eigenvalue weighted by Crippen LogP contribution is 2.45. The van der Waals surface area contributed by atoms with Gasteiger partial charge in [0.2, 0.25) is 0 Å². The predicted octanol–water partition coefficient (Wildman–Crippen LogP) is 6.34. The van der Waals surface area contributed by atoms with Crippen LogP contribution in [0.25, 0.3) is 22.8 Å². The van der Waals surface area contributed by atoms with Crippen molar-refractivity contribution in [2.45, 2.75) is 13.0 Å². The van der Waals surface area contributed by atoms with Crippen molar-refractivity contribution < 1.29 is 22.6 Å². The molecule has 0 atom stereocenters. The topological polar surface area (TPSA) is 18.5 Å². The number of alkyl halides is 2. The van der Waals surface area contributed by atoms with Gasteiger partial charge in [-0.05, 0) is 36.3 Å². The van der Waals surface area contributed by atoms with Gasteiger partial charge in [0.05, 0.1) is 12.7 Å². The van der Waals surface area contributed by atoms with E-state index in [1.54, 1.807) is 60.7 Å². The van der Waals surface area contributed by atoms with Gasteiger partial charge < -0.3 is 9.47 Å². The van der Waals surface area contributed by atoms with Gasteiger partial charge >= 0.3 is 6.11 Å². The third-order valence-electron chi connectivity index (χ3n) is 4.73. The summed E-state index contributed by atoms with van der Waals surface area (Å²) < 4.78 is 54.3. The molecule has 28 heavy (non-hydrogen) atoms. The molecule has 0 bridgehead atoms. The summed E-state index contributed by atoms with van der Waals surface area (Å²) in [6, 6.07) is 16.5. The van der Waals surface area contributed by atoms with E-state index in [4.69, 9.17) is 9.47 Å². The highest BCUT2D eigenvalue weighted by atomic mass is 19.3. The van der Waals surface area contributed by atoms with Gasteiger partial charge in [-0.1, -0.05) is 54.1 Å². The smallest absolute Gasteiger partial charge is 0.427 e. The molecule has 0 unspecified atom stereocenters. The van der Waals surface area contributed by atoms with E-state index >= 15 is 4.39 Å². The predicted molar refractivity (Wildman–Crippen MR) is 103 cm³/mol. The molecule has 4 rings (SSSR count). The normalized spacial score (nSPS) is 14.7. The summed E-state index contributed by atoms with van der Waals surface area (Å²) >= 11 is 0. The van der Waals surface area contributed by atoms with E-state index in [1.165, 1.54) is 13.2 Å². The lowest BCUT2D eigenvalue weighted by atomic mass is 9.96. The second-order valence-corrected chi connectivity index (χ2v) is 6.62. The van der Waals surface area contributed by atoms with Gasteiger partial charge in [0.1, 0.15) is 5.75 Å². The van der Waals surface area contributed by atoms with Crippen LogP contribution >= 0.6 is 0 Å². The van der Waals surface area contributed by atoms with E-state index in [9.17, 15) is 8.78 Å². The first-order valence-corrected chi connectivity index (χ1v) is 8.72. The number of methoxy groups -OCH3 is 1. The zero-order valence-electron chi connectivity index (χ0n) is 15.3. The Labute approximate surface area is 160 Å². The van der Waals surface area contributed by atoms with Crippen LogP contribution in [0.15, 0.2) is 60.7 Å². The number of fused-ring (bicyclic) bond motifs is 1. The molecule has 0 N–H and O–H groups in total. The van der Waals surface area contributed by atoms with Crippen molar-refractivity contribution in [2.75, 3.05) is 7.11 Å². The Morgan fingerprint density at radius 2 is 1.50 bits per heavy atom. The van der Waals surface area contributed by atoms with Gasteiger partial charge in [-0.3, -0.25) is 0 Å². The molecule has 0 saturated heterocycles. The first-order valence-electron chi connectivity index (χ1n) is 8.72. The quantitative estimate of drug-likeness (QED) is 0.527. The molecule has 142 valence electrons. The van der Waals surface area contributed by atoms with E-state index in [-0.39, 0.29) is 16.7 Å². The SMILES string of the molecule is COc1ccc(-c2ccc3c(c2F)OC(F)(F)C(c2ccc(C)cc2)=C3)cc1. The molecule has 0 aliphatic carbocycles. The Kier molecular flexibility index (Phi) is 4.38. The molecule has 1 aliphatic rings. The third kappa shape index (κ3) is 3.13. The van der Waals surface area contributed by atoms with Crippen molar-refractivity contribution in [3.63, 3.8) is 0 Å². The minimum atomic E-state index is -3.64. The molecule has 5 heteroatoms. The zero-order valence-corrected chi connectivity index (χ0v) is 15.3. The van der Waals surface area contributed by atoms with Gasteiger partial charge in [0, 0.05) is 11.1 Å². The number of halogens is 3. The van der Waals surface area contributed by atoms with Gasteiger partial charge in [-0.2, -0.15) is 8.78 Å². The molecule has 0 aromatic heterocycles. The second-order valence-electron chi connectivity index (χ2n) is 6.62. The van der Waals surface area contributed by atoms with E-state index in [2.05, 4.69) is 0 Å². The molecule has 0 radical (unpaired) electrons. The lowest BCUT2D eigenvalue weighted by Gasteiger charge is -2.27. The Balaban J connectivity index is 1.80. The Morgan fingerprint density at radius 3 is 2.14 bits per heavy atom. The number of benzene rings is 3. The molecular formula is C23H17F3O2. The van der Waals surface area contributed by atoms with Gasteiger partial charge in [-0.15, -0.1) is 0 Å². The molecule has 0 amide bonds. The van der Waals surface area contributed by atoms with Crippen LogP contribution in [0, 0.1) is 12.7 Å². The monoisotopic (exact) mass is 382 g/mol. The first kappa shape index (κ1) is 18.2. The Bertz CT molecular complexity index is 1050. The van der Waals surface area contributed by atoms with Crippen molar-refractivity contribution in [3.05, 3.63) is 83.2 Å². The van der Waals surface area contributed by atoms with Gasteiger partial charge in [0.25, 0.3) is 0 Å². The maximum absolute atomic E-state index is 15.0.